The number of carbonyl (C=O) groups is 1. The highest BCUT2D eigenvalue weighted by Gasteiger charge is 2.05. The molecule has 1 heterocycles. The van der Waals surface area contributed by atoms with E-state index >= 15 is 0 Å². The van der Waals surface area contributed by atoms with Gasteiger partial charge in [0.15, 0.2) is 0 Å². The van der Waals surface area contributed by atoms with Crippen LogP contribution in [0.25, 0.3) is 5.69 Å². The highest BCUT2D eigenvalue weighted by molar-refractivity contribution is 5.89. The van der Waals surface area contributed by atoms with E-state index < -0.39 is 5.97 Å². The molecule has 0 bridgehead atoms. The molecule has 1 N–H and O–H groups in total. The summed E-state index contributed by atoms with van der Waals surface area (Å²) >= 11 is 0. The van der Waals surface area contributed by atoms with Crippen LogP contribution in [-0.4, -0.2) is 21.9 Å². The highest BCUT2D eigenvalue weighted by Crippen LogP contribution is 2.20. The summed E-state index contributed by atoms with van der Waals surface area (Å²) in [5.74, 6) is -0.948. The second-order valence-electron chi connectivity index (χ2n) is 5.25. The molecule has 3 aromatic rings. The molecule has 0 atom stereocenters. The number of carboxylic acid groups (broad SMARTS) is 1. The topological polar surface area (TPSA) is 54.6 Å². The molecule has 3 rings (SSSR count). The fraction of sp³-hybridized carbons (Fsp3) is 0.0526. The van der Waals surface area contributed by atoms with Crippen molar-refractivity contribution in [2.24, 2.45) is 4.99 Å². The van der Waals surface area contributed by atoms with Gasteiger partial charge >= 0.3 is 5.97 Å². The number of hydrogen-bond acceptors (Lipinski definition) is 2. The lowest BCUT2D eigenvalue weighted by atomic mass is 10.1. The van der Waals surface area contributed by atoms with Crippen LogP contribution in [0, 0.1) is 6.92 Å². The van der Waals surface area contributed by atoms with E-state index in [9.17, 15) is 4.79 Å². The molecule has 0 aliphatic rings. The molecule has 0 amide bonds. The summed E-state index contributed by atoms with van der Waals surface area (Å²) in [6.45, 7) is 1.91. The minimum absolute atomic E-state index is 0.240. The molecular formula is C19H16N2O2. The Balaban J connectivity index is 1.85. The van der Waals surface area contributed by atoms with E-state index in [1.54, 1.807) is 24.4 Å². The molecule has 0 fully saturated rings. The third kappa shape index (κ3) is 3.37. The van der Waals surface area contributed by atoms with Gasteiger partial charge in [0.1, 0.15) is 0 Å². The Bertz CT molecular complexity index is 864. The fourth-order valence-electron chi connectivity index (χ4n) is 2.28. The van der Waals surface area contributed by atoms with Crippen molar-refractivity contribution in [3.8, 4) is 5.69 Å². The first-order chi connectivity index (χ1) is 11.1. The second kappa shape index (κ2) is 6.32. The van der Waals surface area contributed by atoms with Gasteiger partial charge in [-0.15, -0.1) is 0 Å². The van der Waals surface area contributed by atoms with Gasteiger partial charge in [-0.05, 0) is 42.8 Å². The summed E-state index contributed by atoms with van der Waals surface area (Å²) in [4.78, 5) is 15.5. The third-order valence-corrected chi connectivity index (χ3v) is 3.58. The minimum atomic E-state index is -0.948. The Hall–Kier alpha value is -3.14. The maximum absolute atomic E-state index is 11.0. The predicted molar refractivity (Wildman–Crippen MR) is 91.2 cm³/mol. The number of aromatic nitrogens is 1. The summed E-state index contributed by atoms with van der Waals surface area (Å²) < 4.78 is 2.02. The Morgan fingerprint density at radius 3 is 2.65 bits per heavy atom. The fourth-order valence-corrected chi connectivity index (χ4v) is 2.28. The lowest BCUT2D eigenvalue weighted by Crippen LogP contribution is -1.95. The van der Waals surface area contributed by atoms with Gasteiger partial charge in [0.05, 0.1) is 11.3 Å². The van der Waals surface area contributed by atoms with Crippen molar-refractivity contribution in [1.29, 1.82) is 0 Å². The van der Waals surface area contributed by atoms with Crippen LogP contribution in [0.3, 0.4) is 0 Å². The van der Waals surface area contributed by atoms with E-state index in [1.807, 2.05) is 60.3 Å². The van der Waals surface area contributed by atoms with Crippen LogP contribution in [0.15, 0.2) is 72.0 Å². The summed E-state index contributed by atoms with van der Waals surface area (Å²) in [6.07, 6.45) is 5.69. The van der Waals surface area contributed by atoms with Crippen LogP contribution in [-0.2, 0) is 0 Å². The number of carboxylic acids is 1. The van der Waals surface area contributed by atoms with Gasteiger partial charge in [-0.3, -0.25) is 4.99 Å². The van der Waals surface area contributed by atoms with Crippen molar-refractivity contribution in [3.05, 3.63) is 83.7 Å². The van der Waals surface area contributed by atoms with Gasteiger partial charge in [-0.25, -0.2) is 4.79 Å². The van der Waals surface area contributed by atoms with Crippen molar-refractivity contribution in [2.45, 2.75) is 6.92 Å². The zero-order valence-electron chi connectivity index (χ0n) is 12.7. The molecular weight excluding hydrogens is 288 g/mol. The monoisotopic (exact) mass is 304 g/mol. The maximum Gasteiger partial charge on any atom is 0.335 e. The summed E-state index contributed by atoms with van der Waals surface area (Å²) in [5.41, 5.74) is 3.88. The molecule has 0 radical (unpaired) electrons. The number of aromatic carboxylic acids is 1. The van der Waals surface area contributed by atoms with Crippen LogP contribution in [0.4, 0.5) is 5.69 Å². The van der Waals surface area contributed by atoms with Gasteiger partial charge in [0.25, 0.3) is 0 Å². The lowest BCUT2D eigenvalue weighted by molar-refractivity contribution is 0.0697. The SMILES string of the molecule is Cc1ccc(C(=O)O)cc1N=Cc1ccn(-c2ccccc2)c1. The van der Waals surface area contributed by atoms with E-state index in [2.05, 4.69) is 4.99 Å². The molecule has 0 aliphatic carbocycles. The van der Waals surface area contributed by atoms with Crippen molar-refractivity contribution in [1.82, 2.24) is 4.57 Å². The molecule has 0 aliphatic heterocycles. The number of aryl methyl sites for hydroxylation is 1. The van der Waals surface area contributed by atoms with E-state index in [4.69, 9.17) is 5.11 Å². The van der Waals surface area contributed by atoms with Crippen LogP contribution in [0.1, 0.15) is 21.5 Å². The number of hydrogen-bond donors (Lipinski definition) is 1. The third-order valence-electron chi connectivity index (χ3n) is 3.58. The quantitative estimate of drug-likeness (QED) is 0.733. The second-order valence-corrected chi connectivity index (χ2v) is 5.25. The van der Waals surface area contributed by atoms with Gasteiger partial charge in [-0.2, -0.15) is 0 Å². The first-order valence-corrected chi connectivity index (χ1v) is 7.25. The normalized spacial score (nSPS) is 11.0. The molecule has 0 saturated carbocycles. The molecule has 23 heavy (non-hydrogen) atoms. The van der Waals surface area contributed by atoms with Crippen LogP contribution in [0.5, 0.6) is 0 Å². The Morgan fingerprint density at radius 2 is 1.91 bits per heavy atom. The Labute approximate surface area is 134 Å². The zero-order chi connectivity index (χ0) is 16.2. The number of para-hydroxylation sites is 1. The lowest BCUT2D eigenvalue weighted by Gasteiger charge is -2.02. The smallest absolute Gasteiger partial charge is 0.335 e. The maximum atomic E-state index is 11.0. The largest absolute Gasteiger partial charge is 0.478 e. The van der Waals surface area contributed by atoms with Crippen molar-refractivity contribution < 1.29 is 9.90 Å². The van der Waals surface area contributed by atoms with Gasteiger partial charge in [-0.1, -0.05) is 24.3 Å². The Kier molecular flexibility index (Phi) is 4.06. The number of aliphatic imine (C=N–C) groups is 1. The number of rotatable bonds is 4. The number of benzene rings is 2. The van der Waals surface area contributed by atoms with Gasteiger partial charge < -0.3 is 9.67 Å². The van der Waals surface area contributed by atoms with E-state index in [1.165, 1.54) is 0 Å². The first kappa shape index (κ1) is 14.8. The van der Waals surface area contributed by atoms with Gasteiger partial charge in [0.2, 0.25) is 0 Å². The molecule has 0 saturated heterocycles. The van der Waals surface area contributed by atoms with E-state index in [0.29, 0.717) is 5.69 Å². The standard InChI is InChI=1S/C19H16N2O2/c1-14-7-8-16(19(22)23)11-18(14)20-12-15-9-10-21(13-15)17-5-3-2-4-6-17/h2-13H,1H3,(H,22,23). The van der Waals surface area contributed by atoms with Crippen molar-refractivity contribution in [3.63, 3.8) is 0 Å². The molecule has 4 heteroatoms. The highest BCUT2D eigenvalue weighted by atomic mass is 16.4. The Morgan fingerprint density at radius 1 is 1.13 bits per heavy atom. The predicted octanol–water partition coefficient (Wildman–Crippen LogP) is 4.23. The van der Waals surface area contributed by atoms with E-state index in [0.717, 1.165) is 16.8 Å². The molecule has 4 nitrogen and oxygen atoms in total. The average molecular weight is 304 g/mol. The summed E-state index contributed by atoms with van der Waals surface area (Å²) in [5, 5.41) is 9.06. The average Bonchev–Trinajstić information content (AvgIpc) is 3.03. The molecule has 2 aromatic carbocycles. The van der Waals surface area contributed by atoms with Crippen LogP contribution < -0.4 is 0 Å². The van der Waals surface area contributed by atoms with Crippen molar-refractivity contribution >= 4 is 17.9 Å². The summed E-state index contributed by atoms with van der Waals surface area (Å²) in [7, 11) is 0. The zero-order valence-corrected chi connectivity index (χ0v) is 12.7. The molecule has 114 valence electrons. The van der Waals surface area contributed by atoms with Crippen molar-refractivity contribution in [2.75, 3.05) is 0 Å². The minimum Gasteiger partial charge on any atom is -0.478 e. The molecule has 1 aromatic heterocycles. The van der Waals surface area contributed by atoms with Crippen LogP contribution in [0.2, 0.25) is 0 Å². The summed E-state index contributed by atoms with van der Waals surface area (Å²) in [6, 6.07) is 16.9. The van der Waals surface area contributed by atoms with E-state index in [-0.39, 0.29) is 5.56 Å². The van der Waals surface area contributed by atoms with Crippen LogP contribution >= 0.6 is 0 Å². The van der Waals surface area contributed by atoms with Gasteiger partial charge in [0, 0.05) is 29.9 Å². The first-order valence-electron chi connectivity index (χ1n) is 7.25. The molecule has 0 unspecified atom stereocenters. The molecule has 0 spiro atoms. The number of nitrogens with zero attached hydrogens (tertiary/aromatic N) is 2.